The number of nitrogens with zero attached hydrogens (tertiary/aromatic N) is 12. The number of carbonyl (C=O) groups is 1. The number of aliphatic imine (C=N–C) groups is 2. The number of β-amino-alcohol motifs (C(OH)–C–C–N with tert-alkyl or cyclic N) is 2. The van der Waals surface area contributed by atoms with Crippen molar-refractivity contribution in [1.82, 2.24) is 35.1 Å². The van der Waals surface area contributed by atoms with Crippen molar-refractivity contribution < 1.29 is 15.0 Å². The first-order valence-electron chi connectivity index (χ1n) is 24.9. The lowest BCUT2D eigenvalue weighted by atomic mass is 9.79. The molecule has 4 atom stereocenters. The molecule has 0 radical (unpaired) electrons. The Morgan fingerprint density at radius 2 is 1.12 bits per heavy atom. The summed E-state index contributed by atoms with van der Waals surface area (Å²) in [5, 5.41) is 42.5. The van der Waals surface area contributed by atoms with Gasteiger partial charge in [-0.25, -0.2) is 20.0 Å². The number of hydrogen-bond acceptors (Lipinski definition) is 13. The number of hydrogen-bond donors (Lipinski definition) is 3. The molecule has 16 nitrogen and oxygen atoms in total. The maximum Gasteiger partial charge on any atom is 0.220 e. The molecule has 4 unspecified atom stereocenters. The molecule has 0 bridgehead atoms. The third-order valence-corrected chi connectivity index (χ3v) is 14.4. The molecular formula is C53H75N13O3. The summed E-state index contributed by atoms with van der Waals surface area (Å²) in [6.45, 7) is 36.0. The number of carbonyl (C=O) groups excluding carboxylic acids is 1. The first kappa shape index (κ1) is 49.8. The highest BCUT2D eigenvalue weighted by Gasteiger charge is 2.41. The predicted molar refractivity (Wildman–Crippen MR) is 277 cm³/mol. The maximum absolute atomic E-state index is 13.6. The molecular weight excluding hydrogens is 867 g/mol. The van der Waals surface area contributed by atoms with Crippen molar-refractivity contribution in [2.45, 2.75) is 165 Å². The van der Waals surface area contributed by atoms with Gasteiger partial charge in [-0.2, -0.15) is 10.2 Å². The normalized spacial score (nSPS) is 21.5. The number of aryl methyl sites for hydroxylation is 2. The number of benzene rings is 2. The van der Waals surface area contributed by atoms with E-state index in [1.165, 1.54) is 11.1 Å². The van der Waals surface area contributed by atoms with Crippen LogP contribution in [0.3, 0.4) is 0 Å². The van der Waals surface area contributed by atoms with E-state index in [4.69, 9.17) is 40.4 Å². The van der Waals surface area contributed by atoms with E-state index in [1.54, 1.807) is 9.58 Å². The Morgan fingerprint density at radius 1 is 0.710 bits per heavy atom. The number of anilines is 2. The minimum Gasteiger partial charge on any atom is -0.395 e. The zero-order valence-corrected chi connectivity index (χ0v) is 43.9. The minimum atomic E-state index is -0.331. The number of aliphatic hydroxyl groups excluding tert-OH is 2. The molecule has 4 aliphatic rings. The van der Waals surface area contributed by atoms with Crippen LogP contribution in [0.15, 0.2) is 44.5 Å². The Balaban J connectivity index is 0.984. The maximum atomic E-state index is 13.6. The largest absolute Gasteiger partial charge is 0.395 e. The standard InChI is InChI=1S/C53H75N13O3/c1-29-21-39-35(32(4)26-52(13,14)63(39)17-19-67)24-37(29)55-42-44(50(7,8)9)59-65-48(42)57-46(61-65)31(3)23-41(69)54-28-34(6)47-58-49-43(45(51(10,11)12)60-66(49)62-47)56-38-25-36-33(5)27-53(15,16)64(18-20-68)40(36)22-30(38)2/h21-22,24-25,31-34,67-68H,17-20,23,26-28H2,1-16H3,(H,54,69)/b55-42-,56-43-. The third kappa shape index (κ3) is 9.42. The van der Waals surface area contributed by atoms with Gasteiger partial charge in [0.05, 0.1) is 36.0 Å². The average molecular weight is 942 g/mol. The fraction of sp³-hybridized carbons (Fsp3) is 0.604. The molecule has 370 valence electrons. The molecule has 3 N–H and O–H groups in total. The van der Waals surface area contributed by atoms with Crippen LogP contribution in [0.25, 0.3) is 0 Å². The van der Waals surface area contributed by atoms with E-state index < -0.39 is 0 Å². The molecule has 4 aliphatic heterocycles. The number of fused-ring (bicyclic) bond motifs is 4. The van der Waals surface area contributed by atoms with E-state index in [2.05, 4.69) is 136 Å². The van der Waals surface area contributed by atoms with Crippen LogP contribution in [0.2, 0.25) is 0 Å². The number of aromatic nitrogens is 6. The fourth-order valence-electron chi connectivity index (χ4n) is 10.8. The van der Waals surface area contributed by atoms with Gasteiger partial charge < -0.3 is 25.3 Å². The summed E-state index contributed by atoms with van der Waals surface area (Å²) in [7, 11) is 0. The van der Waals surface area contributed by atoms with Crippen molar-refractivity contribution >= 4 is 51.5 Å². The van der Waals surface area contributed by atoms with Crippen molar-refractivity contribution in [1.29, 1.82) is 0 Å². The van der Waals surface area contributed by atoms with Gasteiger partial charge in [0.15, 0.2) is 11.6 Å². The van der Waals surface area contributed by atoms with Gasteiger partial charge in [-0.05, 0) is 113 Å². The minimum absolute atomic E-state index is 0.0790. The number of nitrogens with one attached hydrogen (secondary N) is 1. The smallest absolute Gasteiger partial charge is 0.220 e. The predicted octanol–water partition coefficient (Wildman–Crippen LogP) is 8.84. The first-order valence-corrected chi connectivity index (χ1v) is 24.9. The molecule has 16 heteroatoms. The molecule has 2 aromatic heterocycles. The quantitative estimate of drug-likeness (QED) is 0.125. The molecule has 0 fully saturated rings. The summed E-state index contributed by atoms with van der Waals surface area (Å²) < 4.78 is 0. The van der Waals surface area contributed by atoms with Crippen molar-refractivity contribution in [2.75, 3.05) is 42.6 Å². The highest BCUT2D eigenvalue weighted by atomic mass is 16.3. The molecule has 0 aliphatic carbocycles. The van der Waals surface area contributed by atoms with Crippen LogP contribution in [0.1, 0.15) is 185 Å². The highest BCUT2D eigenvalue weighted by molar-refractivity contribution is 6.51. The van der Waals surface area contributed by atoms with Crippen LogP contribution >= 0.6 is 0 Å². The Hall–Kier alpha value is -5.61. The zero-order chi connectivity index (χ0) is 50.3. The van der Waals surface area contributed by atoms with E-state index in [9.17, 15) is 15.0 Å². The van der Waals surface area contributed by atoms with Crippen LogP contribution in [0.4, 0.5) is 22.7 Å². The summed E-state index contributed by atoms with van der Waals surface area (Å²) in [6, 6.07) is 8.80. The van der Waals surface area contributed by atoms with Crippen LogP contribution < -0.4 is 15.1 Å². The Labute approximate surface area is 408 Å². The van der Waals surface area contributed by atoms with Gasteiger partial charge in [0.2, 0.25) is 17.6 Å². The van der Waals surface area contributed by atoms with Gasteiger partial charge in [0, 0.05) is 71.2 Å². The summed E-state index contributed by atoms with van der Waals surface area (Å²) in [5.41, 5.74) is 10.7. The summed E-state index contributed by atoms with van der Waals surface area (Å²) >= 11 is 0. The van der Waals surface area contributed by atoms with Crippen molar-refractivity contribution in [2.24, 2.45) is 31.0 Å². The zero-order valence-electron chi connectivity index (χ0n) is 43.9. The molecule has 8 rings (SSSR count). The van der Waals surface area contributed by atoms with Crippen LogP contribution in [-0.4, -0.2) is 113 Å². The molecule has 69 heavy (non-hydrogen) atoms. The SMILES string of the molecule is Cc1cc2c(cc1/N=C1/C(C(C)(C)C)=Nn3nc(C(C)CNC(=O)CC(C)c4nc5n(n4)N=C(C(C)(C)C)/C5=N/c4cc5c(cc4C)N(CCO)C(C)(C)CC5C)nc31)C(C)CC(C)(C)N2CCO. The molecule has 1 amide bonds. The van der Waals surface area contributed by atoms with Crippen LogP contribution in [-0.2, 0) is 4.79 Å². The number of aliphatic hydroxyl groups is 2. The molecule has 2 aromatic carbocycles. The summed E-state index contributed by atoms with van der Waals surface area (Å²) in [5.74, 6) is 2.24. The Bertz CT molecular complexity index is 2790. The second-order valence-electron chi connectivity index (χ2n) is 23.5. The van der Waals surface area contributed by atoms with E-state index in [1.807, 2.05) is 13.8 Å². The van der Waals surface area contributed by atoms with Gasteiger partial charge in [0.25, 0.3) is 0 Å². The number of rotatable bonds is 12. The monoisotopic (exact) mass is 942 g/mol. The van der Waals surface area contributed by atoms with E-state index in [0.29, 0.717) is 66.2 Å². The molecule has 0 spiro atoms. The van der Waals surface area contributed by atoms with Gasteiger partial charge in [-0.1, -0.05) is 69.2 Å². The molecule has 0 saturated heterocycles. The topological polar surface area (TPSA) is 187 Å². The Kier molecular flexibility index (Phi) is 13.0. The third-order valence-electron chi connectivity index (χ3n) is 14.4. The molecule has 4 aromatic rings. The van der Waals surface area contributed by atoms with Gasteiger partial charge >= 0.3 is 0 Å². The summed E-state index contributed by atoms with van der Waals surface area (Å²) in [4.78, 5) is 41.9. The van der Waals surface area contributed by atoms with Crippen molar-refractivity contribution in [3.63, 3.8) is 0 Å². The second-order valence-corrected chi connectivity index (χ2v) is 23.5. The van der Waals surface area contributed by atoms with Crippen molar-refractivity contribution in [3.05, 3.63) is 69.8 Å². The summed E-state index contributed by atoms with van der Waals surface area (Å²) in [6.07, 6.45) is 2.11. The lowest BCUT2D eigenvalue weighted by Gasteiger charge is -2.47. The lowest BCUT2D eigenvalue weighted by Crippen LogP contribution is -2.49. The van der Waals surface area contributed by atoms with Gasteiger partial charge in [0.1, 0.15) is 11.4 Å². The highest BCUT2D eigenvalue weighted by Crippen LogP contribution is 2.47. The first-order chi connectivity index (χ1) is 32.2. The second kappa shape index (κ2) is 18.0. The Morgan fingerprint density at radius 3 is 1.51 bits per heavy atom. The average Bonchev–Trinajstić information content (AvgIpc) is 4.02. The van der Waals surface area contributed by atoms with E-state index in [0.717, 1.165) is 58.1 Å². The van der Waals surface area contributed by atoms with Crippen molar-refractivity contribution in [3.8, 4) is 0 Å². The van der Waals surface area contributed by atoms with E-state index in [-0.39, 0.29) is 59.3 Å². The van der Waals surface area contributed by atoms with Gasteiger partial charge in [-0.15, -0.1) is 19.8 Å². The van der Waals surface area contributed by atoms with Crippen LogP contribution in [0.5, 0.6) is 0 Å². The fourth-order valence-corrected chi connectivity index (χ4v) is 10.8. The molecule has 0 saturated carbocycles. The van der Waals surface area contributed by atoms with E-state index >= 15 is 0 Å². The van der Waals surface area contributed by atoms with Crippen LogP contribution in [0, 0.1) is 24.7 Å². The lowest BCUT2D eigenvalue weighted by molar-refractivity contribution is -0.121. The number of amides is 1. The molecule has 6 heterocycles. The van der Waals surface area contributed by atoms with Gasteiger partial charge in [-0.3, -0.25) is 4.79 Å².